The van der Waals surface area contributed by atoms with Crippen LogP contribution in [-0.4, -0.2) is 42.8 Å². The smallest absolute Gasteiger partial charge is 0.311 e. The van der Waals surface area contributed by atoms with Crippen molar-refractivity contribution in [3.05, 3.63) is 30.1 Å². The lowest BCUT2D eigenvalue weighted by atomic mass is 10.2. The maximum atomic E-state index is 13.8. The van der Waals surface area contributed by atoms with Crippen LogP contribution in [-0.2, 0) is 0 Å². The Morgan fingerprint density at radius 1 is 1.26 bits per heavy atom. The minimum absolute atomic E-state index is 0.114. The monoisotopic (exact) mass is 265 g/mol. The van der Waals surface area contributed by atoms with Crippen molar-refractivity contribution in [3.63, 3.8) is 0 Å². The van der Waals surface area contributed by atoms with E-state index < -0.39 is 0 Å². The highest BCUT2D eigenvalue weighted by Crippen LogP contribution is 2.23. The molecule has 1 heterocycles. The summed E-state index contributed by atoms with van der Waals surface area (Å²) in [6.45, 7) is 3.82. The molecule has 2 rings (SSSR count). The molecular formula is C14H20FN3O. The summed E-state index contributed by atoms with van der Waals surface area (Å²) in [5, 5.41) is 0. The van der Waals surface area contributed by atoms with Crippen LogP contribution in [0.2, 0.25) is 0 Å². The number of hydrogen-bond acceptors (Lipinski definition) is 2. The molecule has 2 amide bonds. The quantitative estimate of drug-likeness (QED) is 0.837. The number of urea groups is 1. The summed E-state index contributed by atoms with van der Waals surface area (Å²) in [6, 6.07) is 6.29. The Morgan fingerprint density at radius 2 is 2.00 bits per heavy atom. The minimum Gasteiger partial charge on any atom is -0.311 e. The number of anilines is 1. The van der Waals surface area contributed by atoms with Crippen molar-refractivity contribution in [3.8, 4) is 0 Å². The summed E-state index contributed by atoms with van der Waals surface area (Å²) in [5.41, 5.74) is 0.348. The number of para-hydroxylation sites is 1. The summed E-state index contributed by atoms with van der Waals surface area (Å²) in [7, 11) is 1.93. The lowest BCUT2D eigenvalue weighted by Crippen LogP contribution is -2.57. The van der Waals surface area contributed by atoms with Gasteiger partial charge < -0.3 is 4.90 Å². The number of amides is 2. The van der Waals surface area contributed by atoms with Gasteiger partial charge in [-0.3, -0.25) is 9.80 Å². The van der Waals surface area contributed by atoms with Gasteiger partial charge in [0.25, 0.3) is 0 Å². The number of carbonyl (C=O) groups excluding carboxylic acids is 1. The van der Waals surface area contributed by atoms with Crippen LogP contribution in [0.5, 0.6) is 0 Å². The minimum atomic E-state index is -0.360. The summed E-state index contributed by atoms with van der Waals surface area (Å²) >= 11 is 0. The van der Waals surface area contributed by atoms with Crippen LogP contribution in [0.25, 0.3) is 0 Å². The van der Waals surface area contributed by atoms with Gasteiger partial charge in [-0.1, -0.05) is 25.5 Å². The summed E-state index contributed by atoms with van der Waals surface area (Å²) in [5.74, 6) is -0.360. The molecule has 1 aliphatic heterocycles. The fourth-order valence-electron chi connectivity index (χ4n) is 2.23. The molecule has 0 aliphatic carbocycles. The number of benzene rings is 1. The van der Waals surface area contributed by atoms with Crippen molar-refractivity contribution in [2.75, 3.05) is 31.8 Å². The highest BCUT2D eigenvalue weighted by molar-refractivity contribution is 5.92. The van der Waals surface area contributed by atoms with E-state index in [2.05, 4.69) is 6.92 Å². The predicted octanol–water partition coefficient (Wildman–Crippen LogP) is 2.71. The van der Waals surface area contributed by atoms with Crippen molar-refractivity contribution in [1.82, 2.24) is 9.80 Å². The Morgan fingerprint density at radius 3 is 2.68 bits per heavy atom. The Balaban J connectivity index is 2.20. The molecule has 1 saturated heterocycles. The summed E-state index contributed by atoms with van der Waals surface area (Å²) in [6.07, 6.45) is 2.00. The van der Waals surface area contributed by atoms with Gasteiger partial charge in [0.1, 0.15) is 5.82 Å². The van der Waals surface area contributed by atoms with Crippen LogP contribution in [0, 0.1) is 5.82 Å². The van der Waals surface area contributed by atoms with E-state index in [9.17, 15) is 9.18 Å². The second-order valence-electron chi connectivity index (χ2n) is 4.92. The Kier molecular flexibility index (Phi) is 4.37. The van der Waals surface area contributed by atoms with Crippen LogP contribution in [0.3, 0.4) is 0 Å². The van der Waals surface area contributed by atoms with E-state index in [0.717, 1.165) is 12.8 Å². The van der Waals surface area contributed by atoms with Crippen molar-refractivity contribution in [2.24, 2.45) is 0 Å². The topological polar surface area (TPSA) is 26.8 Å². The highest BCUT2D eigenvalue weighted by Gasteiger charge is 2.30. The van der Waals surface area contributed by atoms with Gasteiger partial charge in [-0.25, -0.2) is 9.18 Å². The first kappa shape index (κ1) is 13.8. The summed E-state index contributed by atoms with van der Waals surface area (Å²) < 4.78 is 13.8. The van der Waals surface area contributed by atoms with Crippen LogP contribution >= 0.6 is 0 Å². The normalized spacial score (nSPS) is 17.1. The first-order valence-electron chi connectivity index (χ1n) is 6.63. The third-order valence-electron chi connectivity index (χ3n) is 3.22. The molecule has 0 N–H and O–H groups in total. The molecule has 104 valence electrons. The molecule has 1 aliphatic rings. The standard InChI is InChI=1S/C14H20FN3O/c1-3-4-9-17-10-16(2)11-18(14(17)19)13-8-6-5-7-12(13)15/h5-8H,3-4,9-11H2,1-2H3. The van der Waals surface area contributed by atoms with Gasteiger partial charge >= 0.3 is 6.03 Å². The second kappa shape index (κ2) is 6.02. The van der Waals surface area contributed by atoms with Crippen molar-refractivity contribution in [1.29, 1.82) is 0 Å². The molecule has 0 unspecified atom stereocenters. The van der Waals surface area contributed by atoms with Crippen LogP contribution in [0.4, 0.5) is 14.9 Å². The fourth-order valence-corrected chi connectivity index (χ4v) is 2.23. The number of nitrogens with zero attached hydrogens (tertiary/aromatic N) is 3. The van der Waals surface area contributed by atoms with Gasteiger partial charge in [-0.2, -0.15) is 0 Å². The third kappa shape index (κ3) is 3.04. The van der Waals surface area contributed by atoms with Gasteiger partial charge in [0.15, 0.2) is 0 Å². The molecule has 0 aromatic heterocycles. The maximum Gasteiger partial charge on any atom is 0.326 e. The largest absolute Gasteiger partial charge is 0.326 e. The van der Waals surface area contributed by atoms with Crippen LogP contribution < -0.4 is 4.90 Å². The van der Waals surface area contributed by atoms with E-state index in [-0.39, 0.29) is 11.8 Å². The molecule has 19 heavy (non-hydrogen) atoms. The van der Waals surface area contributed by atoms with Crippen molar-refractivity contribution >= 4 is 11.7 Å². The van der Waals surface area contributed by atoms with E-state index in [0.29, 0.717) is 25.6 Å². The number of carbonyl (C=O) groups is 1. The molecule has 0 saturated carbocycles. The van der Waals surface area contributed by atoms with E-state index >= 15 is 0 Å². The molecule has 1 aromatic carbocycles. The van der Waals surface area contributed by atoms with Gasteiger partial charge in [0.2, 0.25) is 0 Å². The van der Waals surface area contributed by atoms with E-state index in [1.54, 1.807) is 23.1 Å². The van der Waals surface area contributed by atoms with Crippen molar-refractivity contribution < 1.29 is 9.18 Å². The molecule has 0 bridgehead atoms. The number of halogens is 1. The molecule has 5 heteroatoms. The van der Waals surface area contributed by atoms with Crippen molar-refractivity contribution in [2.45, 2.75) is 19.8 Å². The second-order valence-corrected chi connectivity index (χ2v) is 4.92. The Hall–Kier alpha value is -1.62. The molecular weight excluding hydrogens is 245 g/mol. The SMILES string of the molecule is CCCCN1CN(C)CN(c2ccccc2F)C1=O. The number of unbranched alkanes of at least 4 members (excludes halogenated alkanes) is 1. The zero-order valence-electron chi connectivity index (χ0n) is 11.5. The maximum absolute atomic E-state index is 13.8. The lowest BCUT2D eigenvalue weighted by Gasteiger charge is -2.40. The molecule has 1 aromatic rings. The van der Waals surface area contributed by atoms with Gasteiger partial charge in [0.05, 0.1) is 19.0 Å². The third-order valence-corrected chi connectivity index (χ3v) is 3.22. The van der Waals surface area contributed by atoms with E-state index in [4.69, 9.17) is 0 Å². The van der Waals surface area contributed by atoms with Gasteiger partial charge in [-0.15, -0.1) is 0 Å². The molecule has 1 fully saturated rings. The van der Waals surface area contributed by atoms with Gasteiger partial charge in [-0.05, 0) is 25.6 Å². The number of hydrogen-bond donors (Lipinski definition) is 0. The average Bonchev–Trinajstić information content (AvgIpc) is 2.40. The zero-order chi connectivity index (χ0) is 13.8. The average molecular weight is 265 g/mol. The predicted molar refractivity (Wildman–Crippen MR) is 73.4 cm³/mol. The van der Waals surface area contributed by atoms with E-state index in [1.807, 2.05) is 11.9 Å². The Bertz CT molecular complexity index is 452. The first-order valence-corrected chi connectivity index (χ1v) is 6.63. The highest BCUT2D eigenvalue weighted by atomic mass is 19.1. The van der Waals surface area contributed by atoms with Gasteiger partial charge in [0, 0.05) is 6.54 Å². The number of rotatable bonds is 4. The lowest BCUT2D eigenvalue weighted by molar-refractivity contribution is 0.131. The zero-order valence-corrected chi connectivity index (χ0v) is 11.5. The molecule has 0 spiro atoms. The van der Waals surface area contributed by atoms with Crippen LogP contribution in [0.1, 0.15) is 19.8 Å². The Labute approximate surface area is 113 Å². The molecule has 0 atom stereocenters. The summed E-state index contributed by atoms with van der Waals surface area (Å²) in [4.78, 5) is 17.6. The fraction of sp³-hybridized carbons (Fsp3) is 0.500. The molecule has 0 radical (unpaired) electrons. The van der Waals surface area contributed by atoms with E-state index in [1.165, 1.54) is 11.0 Å². The first-order chi connectivity index (χ1) is 9.13. The molecule has 4 nitrogen and oxygen atoms in total. The van der Waals surface area contributed by atoms with Crippen LogP contribution in [0.15, 0.2) is 24.3 Å².